The van der Waals surface area contributed by atoms with Crippen LogP contribution in [0.4, 0.5) is 0 Å². The molecule has 1 unspecified atom stereocenters. The maximum absolute atomic E-state index is 12.5. The van der Waals surface area contributed by atoms with Gasteiger partial charge in [0, 0.05) is 5.56 Å². The summed E-state index contributed by atoms with van der Waals surface area (Å²) < 4.78 is 16.4. The van der Waals surface area contributed by atoms with Crippen molar-refractivity contribution in [3.05, 3.63) is 59.5 Å². The van der Waals surface area contributed by atoms with Gasteiger partial charge in [0.15, 0.2) is 6.10 Å². The molecule has 3 aromatic rings. The summed E-state index contributed by atoms with van der Waals surface area (Å²) >= 11 is 0. The van der Waals surface area contributed by atoms with Crippen LogP contribution >= 0.6 is 0 Å². The zero-order valence-electron chi connectivity index (χ0n) is 17.9. The Kier molecular flexibility index (Phi) is 6.72. The molecule has 7 nitrogen and oxygen atoms in total. The van der Waals surface area contributed by atoms with Crippen molar-refractivity contribution in [3.63, 3.8) is 0 Å². The maximum atomic E-state index is 12.5. The third kappa shape index (κ3) is 5.17. The number of nitrogens with one attached hydrogen (secondary N) is 1. The van der Waals surface area contributed by atoms with E-state index in [0.717, 1.165) is 22.4 Å². The van der Waals surface area contributed by atoms with E-state index in [1.165, 1.54) is 0 Å². The molecule has 0 saturated heterocycles. The topological polar surface area (TPSA) is 86.5 Å². The first-order valence-electron chi connectivity index (χ1n) is 9.89. The lowest BCUT2D eigenvalue weighted by Crippen LogP contribution is -2.36. The second-order valence-corrected chi connectivity index (χ2v) is 7.42. The van der Waals surface area contributed by atoms with Crippen molar-refractivity contribution in [1.29, 1.82) is 0 Å². The van der Waals surface area contributed by atoms with Gasteiger partial charge in [-0.25, -0.2) is 0 Å². The van der Waals surface area contributed by atoms with Crippen molar-refractivity contribution in [2.24, 2.45) is 0 Å². The molecule has 1 amide bonds. The van der Waals surface area contributed by atoms with E-state index in [2.05, 4.69) is 29.3 Å². The van der Waals surface area contributed by atoms with Crippen LogP contribution in [0.3, 0.4) is 0 Å². The van der Waals surface area contributed by atoms with Gasteiger partial charge in [0.1, 0.15) is 11.5 Å². The number of ether oxygens (including phenoxy) is 2. The van der Waals surface area contributed by atoms with Crippen molar-refractivity contribution >= 4 is 5.91 Å². The van der Waals surface area contributed by atoms with Gasteiger partial charge in [0.2, 0.25) is 11.7 Å². The van der Waals surface area contributed by atoms with E-state index >= 15 is 0 Å². The van der Waals surface area contributed by atoms with E-state index < -0.39 is 6.10 Å². The van der Waals surface area contributed by atoms with E-state index in [4.69, 9.17) is 14.0 Å². The molecule has 0 aliphatic heterocycles. The Morgan fingerprint density at radius 3 is 2.70 bits per heavy atom. The lowest BCUT2D eigenvalue weighted by atomic mass is 10.0. The summed E-state index contributed by atoms with van der Waals surface area (Å²) in [7, 11) is 1.60. The van der Waals surface area contributed by atoms with E-state index in [-0.39, 0.29) is 12.5 Å². The number of rotatable bonds is 8. The fourth-order valence-electron chi connectivity index (χ4n) is 2.98. The van der Waals surface area contributed by atoms with Gasteiger partial charge in [-0.15, -0.1) is 0 Å². The molecule has 0 aliphatic rings. The third-order valence-corrected chi connectivity index (χ3v) is 4.67. The van der Waals surface area contributed by atoms with Gasteiger partial charge < -0.3 is 19.3 Å². The van der Waals surface area contributed by atoms with Gasteiger partial charge in [-0.2, -0.15) is 4.98 Å². The SMILES string of the molecule is COc1cccc(-c2noc(CNC(=O)C(C)Oc3cc(C)ccc3C(C)C)n2)c1. The predicted octanol–water partition coefficient (Wildman–Crippen LogP) is 4.26. The van der Waals surface area contributed by atoms with Crippen LogP contribution in [0.5, 0.6) is 11.5 Å². The van der Waals surface area contributed by atoms with Gasteiger partial charge in [0.25, 0.3) is 5.91 Å². The molecule has 0 fully saturated rings. The Morgan fingerprint density at radius 2 is 1.97 bits per heavy atom. The highest BCUT2D eigenvalue weighted by molar-refractivity contribution is 5.80. The van der Waals surface area contributed by atoms with Crippen LogP contribution in [0.2, 0.25) is 0 Å². The number of methoxy groups -OCH3 is 1. The first-order chi connectivity index (χ1) is 14.4. The first-order valence-corrected chi connectivity index (χ1v) is 9.89. The maximum Gasteiger partial charge on any atom is 0.261 e. The monoisotopic (exact) mass is 409 g/mol. The van der Waals surface area contributed by atoms with Crippen LogP contribution in [-0.2, 0) is 11.3 Å². The quantitative estimate of drug-likeness (QED) is 0.598. The van der Waals surface area contributed by atoms with E-state index in [0.29, 0.717) is 23.4 Å². The summed E-state index contributed by atoms with van der Waals surface area (Å²) in [6, 6.07) is 13.4. The number of carbonyl (C=O) groups is 1. The van der Waals surface area contributed by atoms with Gasteiger partial charge >= 0.3 is 0 Å². The van der Waals surface area contributed by atoms with Crippen molar-refractivity contribution < 1.29 is 18.8 Å². The van der Waals surface area contributed by atoms with Crippen LogP contribution < -0.4 is 14.8 Å². The average Bonchev–Trinajstić information content (AvgIpc) is 3.21. The number of carbonyl (C=O) groups excluding carboxylic acids is 1. The molecule has 1 N–H and O–H groups in total. The fourth-order valence-corrected chi connectivity index (χ4v) is 2.98. The molecule has 0 bridgehead atoms. The van der Waals surface area contributed by atoms with Crippen molar-refractivity contribution in [2.75, 3.05) is 7.11 Å². The summed E-state index contributed by atoms with van der Waals surface area (Å²) in [5.41, 5.74) is 2.92. The number of hydrogen-bond donors (Lipinski definition) is 1. The summed E-state index contributed by atoms with van der Waals surface area (Å²) in [6.45, 7) is 8.03. The second-order valence-electron chi connectivity index (χ2n) is 7.42. The number of hydrogen-bond acceptors (Lipinski definition) is 6. The molecule has 30 heavy (non-hydrogen) atoms. The molecule has 158 valence electrons. The van der Waals surface area contributed by atoms with E-state index in [1.807, 2.05) is 49.4 Å². The number of aryl methyl sites for hydroxylation is 1. The number of nitrogens with zero attached hydrogens (tertiary/aromatic N) is 2. The predicted molar refractivity (Wildman–Crippen MR) is 113 cm³/mol. The largest absolute Gasteiger partial charge is 0.497 e. The number of amides is 1. The van der Waals surface area contributed by atoms with Crippen molar-refractivity contribution in [2.45, 2.75) is 46.3 Å². The summed E-state index contributed by atoms with van der Waals surface area (Å²) in [4.78, 5) is 16.8. The average molecular weight is 409 g/mol. The van der Waals surface area contributed by atoms with Gasteiger partial charge in [-0.3, -0.25) is 4.79 Å². The number of aromatic nitrogens is 2. The standard InChI is InChI=1S/C23H27N3O4/c1-14(2)19-10-9-15(3)11-20(19)29-16(4)23(27)24-13-21-25-22(26-30-21)17-7-6-8-18(12-17)28-5/h6-12,14,16H,13H2,1-5H3,(H,24,27). The van der Waals surface area contributed by atoms with Gasteiger partial charge in [-0.1, -0.05) is 43.3 Å². The van der Waals surface area contributed by atoms with Crippen LogP contribution in [0.25, 0.3) is 11.4 Å². The molecule has 0 spiro atoms. The molecule has 0 radical (unpaired) electrons. The zero-order chi connectivity index (χ0) is 21.7. The minimum Gasteiger partial charge on any atom is -0.497 e. The summed E-state index contributed by atoms with van der Waals surface area (Å²) in [6.07, 6.45) is -0.662. The third-order valence-electron chi connectivity index (χ3n) is 4.67. The van der Waals surface area contributed by atoms with Crippen LogP contribution in [-0.4, -0.2) is 29.3 Å². The molecule has 1 aromatic heterocycles. The Bertz CT molecular complexity index is 1010. The molecule has 7 heteroatoms. The van der Waals surface area contributed by atoms with E-state index in [1.54, 1.807) is 14.0 Å². The minimum atomic E-state index is -0.662. The highest BCUT2D eigenvalue weighted by Crippen LogP contribution is 2.28. The lowest BCUT2D eigenvalue weighted by molar-refractivity contribution is -0.127. The molecule has 3 rings (SSSR count). The molecule has 1 atom stereocenters. The van der Waals surface area contributed by atoms with Crippen molar-refractivity contribution in [3.8, 4) is 22.9 Å². The molecular formula is C23H27N3O4. The lowest BCUT2D eigenvalue weighted by Gasteiger charge is -2.19. The van der Waals surface area contributed by atoms with Gasteiger partial charge in [0.05, 0.1) is 13.7 Å². The Morgan fingerprint density at radius 1 is 1.17 bits per heavy atom. The highest BCUT2D eigenvalue weighted by Gasteiger charge is 2.19. The Labute approximate surface area is 176 Å². The molecule has 0 aliphatic carbocycles. The van der Waals surface area contributed by atoms with Crippen molar-refractivity contribution in [1.82, 2.24) is 15.5 Å². The van der Waals surface area contributed by atoms with Crippen LogP contribution in [0.1, 0.15) is 43.7 Å². The van der Waals surface area contributed by atoms with E-state index in [9.17, 15) is 4.79 Å². The Hall–Kier alpha value is -3.35. The molecular weight excluding hydrogens is 382 g/mol. The highest BCUT2D eigenvalue weighted by atomic mass is 16.5. The normalized spacial score (nSPS) is 11.9. The second kappa shape index (κ2) is 9.43. The summed E-state index contributed by atoms with van der Waals surface area (Å²) in [5, 5.41) is 6.75. The first kappa shape index (κ1) is 21.4. The van der Waals surface area contributed by atoms with Gasteiger partial charge in [-0.05, 0) is 49.1 Å². The summed E-state index contributed by atoms with van der Waals surface area (Å²) in [5.74, 6) is 2.22. The molecule has 2 aromatic carbocycles. The molecule has 0 saturated carbocycles. The van der Waals surface area contributed by atoms with Crippen LogP contribution in [0, 0.1) is 6.92 Å². The fraction of sp³-hybridized carbons (Fsp3) is 0.348. The number of benzene rings is 2. The molecule has 1 heterocycles. The minimum absolute atomic E-state index is 0.119. The van der Waals surface area contributed by atoms with Crippen LogP contribution in [0.15, 0.2) is 47.0 Å². The Balaban J connectivity index is 1.61. The zero-order valence-corrected chi connectivity index (χ0v) is 17.9. The smallest absolute Gasteiger partial charge is 0.261 e.